The molecule has 0 aromatic heterocycles. The Bertz CT molecular complexity index is 118. The first-order valence-electron chi connectivity index (χ1n) is 5.63. The molecule has 14 heavy (non-hydrogen) atoms. The Labute approximate surface area is 98.3 Å². The zero-order chi connectivity index (χ0) is 10.6. The maximum Gasteiger partial charge on any atom is 0.0148 e. The van der Waals surface area contributed by atoms with Crippen LogP contribution in [0.25, 0.3) is 0 Å². The first-order valence-corrected chi connectivity index (χ1v) is 7.94. The number of unbranched alkanes of at least 4 members (excludes halogenated alkanes) is 2. The van der Waals surface area contributed by atoms with Gasteiger partial charge in [0, 0.05) is 11.5 Å². The van der Waals surface area contributed by atoms with Gasteiger partial charge >= 0.3 is 0 Å². The van der Waals surface area contributed by atoms with Gasteiger partial charge < -0.3 is 0 Å². The predicted molar refractivity (Wildman–Crippen MR) is 73.6 cm³/mol. The highest BCUT2D eigenvalue weighted by Crippen LogP contribution is 2.14. The third kappa shape index (κ3) is 10.5. The second kappa shape index (κ2) is 11.5. The molecule has 0 aliphatic heterocycles. The Morgan fingerprint density at radius 2 is 1.36 bits per heavy atom. The summed E-state index contributed by atoms with van der Waals surface area (Å²) in [6, 6.07) is 0. The molecule has 0 saturated carbocycles. The Kier molecular flexibility index (Phi) is 11.9. The van der Waals surface area contributed by atoms with Crippen LogP contribution in [0.5, 0.6) is 0 Å². The van der Waals surface area contributed by atoms with Gasteiger partial charge in [-0.1, -0.05) is 38.8 Å². The van der Waals surface area contributed by atoms with Gasteiger partial charge in [0.15, 0.2) is 0 Å². The van der Waals surface area contributed by atoms with E-state index in [1.807, 2.05) is 23.5 Å². The summed E-state index contributed by atoms with van der Waals surface area (Å²) in [4.78, 5) is 0. The van der Waals surface area contributed by atoms with E-state index in [0.29, 0.717) is 0 Å². The molecular formula is C12H24S2. The van der Waals surface area contributed by atoms with E-state index in [4.69, 9.17) is 0 Å². The van der Waals surface area contributed by atoms with Crippen molar-refractivity contribution >= 4 is 23.5 Å². The van der Waals surface area contributed by atoms with Crippen LogP contribution in [0.1, 0.15) is 39.5 Å². The molecule has 0 heterocycles. The number of hydrogen-bond donors (Lipinski definition) is 0. The molecule has 2 heteroatoms. The lowest BCUT2D eigenvalue weighted by molar-refractivity contribution is 0.896. The van der Waals surface area contributed by atoms with Gasteiger partial charge in [0.05, 0.1) is 0 Å². The van der Waals surface area contributed by atoms with E-state index in [1.165, 1.54) is 54.3 Å². The highest BCUT2D eigenvalue weighted by Gasteiger charge is 1.95. The van der Waals surface area contributed by atoms with E-state index < -0.39 is 0 Å². The molecule has 0 nitrogen and oxygen atoms in total. The molecule has 0 atom stereocenters. The van der Waals surface area contributed by atoms with Gasteiger partial charge in [0.25, 0.3) is 0 Å². The summed E-state index contributed by atoms with van der Waals surface area (Å²) in [5.41, 5.74) is 1.41. The predicted octanol–water partition coefficient (Wildman–Crippen LogP) is 4.61. The van der Waals surface area contributed by atoms with Crippen molar-refractivity contribution in [1.82, 2.24) is 0 Å². The van der Waals surface area contributed by atoms with E-state index in [1.54, 1.807) is 0 Å². The lowest BCUT2D eigenvalue weighted by Gasteiger charge is -2.04. The van der Waals surface area contributed by atoms with Crippen LogP contribution in [0.15, 0.2) is 12.2 Å². The minimum Gasteiger partial charge on any atom is -0.158 e. The topological polar surface area (TPSA) is 0 Å². The second-order valence-corrected chi connectivity index (χ2v) is 5.77. The maximum atomic E-state index is 4.11. The lowest BCUT2D eigenvalue weighted by Crippen LogP contribution is -1.92. The SMILES string of the molecule is C=C(CSCCCC)CSCCCC. The largest absolute Gasteiger partial charge is 0.158 e. The summed E-state index contributed by atoms with van der Waals surface area (Å²) >= 11 is 4.07. The van der Waals surface area contributed by atoms with Crippen LogP contribution < -0.4 is 0 Å². The summed E-state index contributed by atoms with van der Waals surface area (Å²) in [6.45, 7) is 8.60. The molecule has 0 amide bonds. The number of thioether (sulfide) groups is 2. The van der Waals surface area contributed by atoms with Gasteiger partial charge in [-0.2, -0.15) is 23.5 Å². The Hall–Kier alpha value is 0.440. The van der Waals surface area contributed by atoms with Crippen LogP contribution in [0, 0.1) is 0 Å². The van der Waals surface area contributed by atoms with Crippen molar-refractivity contribution in [2.45, 2.75) is 39.5 Å². The summed E-state index contributed by atoms with van der Waals surface area (Å²) in [5.74, 6) is 4.93. The summed E-state index contributed by atoms with van der Waals surface area (Å²) in [7, 11) is 0. The average Bonchev–Trinajstić information content (AvgIpc) is 2.19. The van der Waals surface area contributed by atoms with Crippen molar-refractivity contribution in [1.29, 1.82) is 0 Å². The molecule has 0 unspecified atom stereocenters. The highest BCUT2D eigenvalue weighted by molar-refractivity contribution is 8.00. The van der Waals surface area contributed by atoms with Crippen LogP contribution in [0.3, 0.4) is 0 Å². The Morgan fingerprint density at radius 1 is 0.929 bits per heavy atom. The van der Waals surface area contributed by atoms with Crippen LogP contribution in [-0.2, 0) is 0 Å². The smallest absolute Gasteiger partial charge is 0.0148 e. The molecule has 0 aliphatic rings. The summed E-state index contributed by atoms with van der Waals surface area (Å²) in [6.07, 6.45) is 5.32. The Balaban J connectivity index is 3.11. The first kappa shape index (κ1) is 14.4. The number of hydrogen-bond acceptors (Lipinski definition) is 2. The van der Waals surface area contributed by atoms with Crippen molar-refractivity contribution in [3.63, 3.8) is 0 Å². The zero-order valence-electron chi connectivity index (χ0n) is 9.68. The van der Waals surface area contributed by atoms with Gasteiger partial charge in [-0.05, 0) is 24.3 Å². The molecule has 0 bridgehead atoms. The van der Waals surface area contributed by atoms with Crippen molar-refractivity contribution in [2.75, 3.05) is 23.0 Å². The summed E-state index contributed by atoms with van der Waals surface area (Å²) in [5, 5.41) is 0. The van der Waals surface area contributed by atoms with Crippen LogP contribution >= 0.6 is 23.5 Å². The van der Waals surface area contributed by atoms with Crippen molar-refractivity contribution in [3.05, 3.63) is 12.2 Å². The molecule has 0 fully saturated rings. The minimum absolute atomic E-state index is 1.17. The van der Waals surface area contributed by atoms with E-state index in [-0.39, 0.29) is 0 Å². The molecule has 0 rings (SSSR count). The quantitative estimate of drug-likeness (QED) is 0.398. The summed E-state index contributed by atoms with van der Waals surface area (Å²) < 4.78 is 0. The molecule has 0 aromatic carbocycles. The standard InChI is InChI=1S/C12H24S2/c1-4-6-8-13-10-12(3)11-14-9-7-5-2/h3-11H2,1-2H3. The zero-order valence-corrected chi connectivity index (χ0v) is 11.3. The van der Waals surface area contributed by atoms with E-state index in [0.717, 1.165) is 0 Å². The van der Waals surface area contributed by atoms with Crippen molar-refractivity contribution < 1.29 is 0 Å². The van der Waals surface area contributed by atoms with Gasteiger partial charge in [-0.25, -0.2) is 0 Å². The minimum atomic E-state index is 1.17. The van der Waals surface area contributed by atoms with Gasteiger partial charge in [-0.15, -0.1) is 0 Å². The van der Waals surface area contributed by atoms with Crippen LogP contribution in [0.2, 0.25) is 0 Å². The number of rotatable bonds is 10. The lowest BCUT2D eigenvalue weighted by atomic mass is 10.4. The van der Waals surface area contributed by atoms with E-state index in [9.17, 15) is 0 Å². The van der Waals surface area contributed by atoms with Crippen LogP contribution in [0.4, 0.5) is 0 Å². The monoisotopic (exact) mass is 232 g/mol. The molecule has 0 saturated heterocycles. The van der Waals surface area contributed by atoms with Gasteiger partial charge in [0.1, 0.15) is 0 Å². The maximum absolute atomic E-state index is 4.11. The third-order valence-electron chi connectivity index (χ3n) is 1.90. The molecule has 0 spiro atoms. The Morgan fingerprint density at radius 3 is 1.71 bits per heavy atom. The van der Waals surface area contributed by atoms with Crippen LogP contribution in [-0.4, -0.2) is 23.0 Å². The molecule has 0 aromatic rings. The van der Waals surface area contributed by atoms with Crippen molar-refractivity contribution in [2.24, 2.45) is 0 Å². The molecule has 0 radical (unpaired) electrons. The fourth-order valence-corrected chi connectivity index (χ4v) is 3.15. The fourth-order valence-electron chi connectivity index (χ4n) is 0.967. The van der Waals surface area contributed by atoms with E-state index >= 15 is 0 Å². The van der Waals surface area contributed by atoms with Crippen molar-refractivity contribution in [3.8, 4) is 0 Å². The van der Waals surface area contributed by atoms with Gasteiger partial charge in [-0.3, -0.25) is 0 Å². The molecule has 84 valence electrons. The molecule has 0 N–H and O–H groups in total. The third-order valence-corrected chi connectivity index (χ3v) is 4.28. The highest BCUT2D eigenvalue weighted by atomic mass is 32.2. The van der Waals surface area contributed by atoms with Gasteiger partial charge in [0.2, 0.25) is 0 Å². The second-order valence-electron chi connectivity index (χ2n) is 3.56. The molecule has 0 aliphatic carbocycles. The molecular weight excluding hydrogens is 208 g/mol. The average molecular weight is 232 g/mol. The fraction of sp³-hybridized carbons (Fsp3) is 0.833. The van der Waals surface area contributed by atoms with E-state index in [2.05, 4.69) is 20.4 Å². The normalized spacial score (nSPS) is 10.4. The first-order chi connectivity index (χ1) is 6.81.